The molecule has 0 bridgehead atoms. The molecule has 0 atom stereocenters. The summed E-state index contributed by atoms with van der Waals surface area (Å²) < 4.78 is 11.0. The van der Waals surface area contributed by atoms with Gasteiger partial charge in [0.15, 0.2) is 5.65 Å². The summed E-state index contributed by atoms with van der Waals surface area (Å²) in [4.78, 5) is 29.7. The number of likely N-dealkylation sites (N-methyl/N-ethyl adjacent to an activating group) is 1. The number of rotatable bonds is 8. The number of hydrogen-bond acceptors (Lipinski definition) is 6. The number of nitrogens with zero attached hydrogens (tertiary/aromatic N) is 4. The number of carbonyl (C=O) groups excluding carboxylic acids is 1. The van der Waals surface area contributed by atoms with Gasteiger partial charge in [-0.15, -0.1) is 0 Å². The maximum atomic E-state index is 12.9. The van der Waals surface area contributed by atoms with Crippen molar-refractivity contribution >= 4 is 17.1 Å². The van der Waals surface area contributed by atoms with E-state index in [1.54, 1.807) is 13.3 Å². The van der Waals surface area contributed by atoms with Gasteiger partial charge in [0, 0.05) is 69.2 Å². The maximum Gasteiger partial charge on any atom is 0.253 e. The van der Waals surface area contributed by atoms with Gasteiger partial charge >= 0.3 is 0 Å². The monoisotopic (exact) mass is 485 g/mol. The molecule has 8 nitrogen and oxygen atoms in total. The molecule has 36 heavy (non-hydrogen) atoms. The molecule has 8 heteroatoms. The molecular weight excluding hydrogens is 454 g/mol. The average molecular weight is 486 g/mol. The topological polar surface area (TPSA) is 83.6 Å². The van der Waals surface area contributed by atoms with Crippen molar-refractivity contribution in [2.24, 2.45) is 0 Å². The molecule has 2 aromatic carbocycles. The molecule has 3 heterocycles. The third-order valence-corrected chi connectivity index (χ3v) is 6.49. The van der Waals surface area contributed by atoms with Crippen LogP contribution in [0.5, 0.6) is 5.75 Å². The Hall–Kier alpha value is -3.75. The quantitative estimate of drug-likeness (QED) is 0.379. The van der Waals surface area contributed by atoms with Crippen molar-refractivity contribution in [2.75, 3.05) is 53.6 Å². The van der Waals surface area contributed by atoms with Crippen LogP contribution < -0.4 is 4.74 Å². The van der Waals surface area contributed by atoms with Crippen molar-refractivity contribution in [3.05, 3.63) is 66.4 Å². The third-order valence-electron chi connectivity index (χ3n) is 6.49. The van der Waals surface area contributed by atoms with Crippen LogP contribution in [-0.4, -0.2) is 84.2 Å². The molecule has 0 spiro atoms. The largest absolute Gasteiger partial charge is 0.493 e. The van der Waals surface area contributed by atoms with Crippen LogP contribution in [0.3, 0.4) is 0 Å². The molecule has 0 radical (unpaired) electrons. The SMILES string of the molecule is COCCCOc1cccc(-c2ccnc3[nH]c(-c4ccc(C(=O)N5CCN(C)CC5)cc4)nc23)c1. The standard InChI is InChI=1S/C28H31N5O3/c1-32-13-15-33(16-14-32)28(34)21-9-7-20(8-10-21)26-30-25-24(11-12-29-27(25)31-26)22-5-3-6-23(19-22)36-18-4-17-35-2/h3,5-12,19H,4,13-18H2,1-2H3,(H,29,30,31). The Morgan fingerprint density at radius 2 is 1.81 bits per heavy atom. The molecule has 0 aliphatic carbocycles. The number of imidazole rings is 1. The number of hydrogen-bond donors (Lipinski definition) is 1. The van der Waals surface area contributed by atoms with Crippen molar-refractivity contribution in [1.29, 1.82) is 0 Å². The van der Waals surface area contributed by atoms with E-state index in [2.05, 4.69) is 21.9 Å². The smallest absolute Gasteiger partial charge is 0.253 e. The highest BCUT2D eigenvalue weighted by atomic mass is 16.5. The van der Waals surface area contributed by atoms with Crippen LogP contribution in [0, 0.1) is 0 Å². The first-order chi connectivity index (χ1) is 17.6. The Balaban J connectivity index is 1.36. The second kappa shape index (κ2) is 10.9. The van der Waals surface area contributed by atoms with Crippen LogP contribution in [-0.2, 0) is 4.74 Å². The molecule has 2 aromatic heterocycles. The van der Waals surface area contributed by atoms with E-state index in [-0.39, 0.29) is 5.91 Å². The molecule has 1 N–H and O–H groups in total. The lowest BCUT2D eigenvalue weighted by Crippen LogP contribution is -2.47. The normalized spacial score (nSPS) is 14.3. The number of amides is 1. The zero-order valence-electron chi connectivity index (χ0n) is 20.7. The van der Waals surface area contributed by atoms with Gasteiger partial charge in [0.05, 0.1) is 6.61 Å². The summed E-state index contributed by atoms with van der Waals surface area (Å²) in [5.74, 6) is 1.60. The van der Waals surface area contributed by atoms with Gasteiger partial charge in [-0.3, -0.25) is 4.79 Å². The lowest BCUT2D eigenvalue weighted by molar-refractivity contribution is 0.0664. The van der Waals surface area contributed by atoms with E-state index >= 15 is 0 Å². The Kier molecular flexibility index (Phi) is 7.25. The Bertz CT molecular complexity index is 1330. The summed E-state index contributed by atoms with van der Waals surface area (Å²) in [5.41, 5.74) is 5.10. The van der Waals surface area contributed by atoms with Gasteiger partial charge in [-0.2, -0.15) is 0 Å². The van der Waals surface area contributed by atoms with Crippen molar-refractivity contribution in [3.8, 4) is 28.3 Å². The summed E-state index contributed by atoms with van der Waals surface area (Å²) in [6.07, 6.45) is 2.62. The third kappa shape index (κ3) is 5.24. The highest BCUT2D eigenvalue weighted by Gasteiger charge is 2.20. The number of fused-ring (bicyclic) bond motifs is 1. The molecule has 1 saturated heterocycles. The summed E-state index contributed by atoms with van der Waals surface area (Å²) in [5, 5.41) is 0. The molecule has 5 rings (SSSR count). The molecule has 0 unspecified atom stereocenters. The first kappa shape index (κ1) is 24.0. The minimum Gasteiger partial charge on any atom is -0.493 e. The number of pyridine rings is 1. The number of nitrogens with one attached hydrogen (secondary N) is 1. The van der Waals surface area contributed by atoms with Gasteiger partial charge in [0.1, 0.15) is 17.1 Å². The van der Waals surface area contributed by atoms with Gasteiger partial charge in [-0.25, -0.2) is 9.97 Å². The highest BCUT2D eigenvalue weighted by molar-refractivity contribution is 5.95. The van der Waals surface area contributed by atoms with Crippen LogP contribution in [0.1, 0.15) is 16.8 Å². The fourth-order valence-corrected chi connectivity index (χ4v) is 4.39. The van der Waals surface area contributed by atoms with Gasteiger partial charge in [-0.1, -0.05) is 24.3 Å². The molecular formula is C28H31N5O3. The summed E-state index contributed by atoms with van der Waals surface area (Å²) in [6, 6.07) is 17.6. The van der Waals surface area contributed by atoms with Crippen LogP contribution in [0.4, 0.5) is 0 Å². The minimum absolute atomic E-state index is 0.0764. The van der Waals surface area contributed by atoms with Crippen molar-refractivity contribution in [3.63, 3.8) is 0 Å². The zero-order valence-corrected chi connectivity index (χ0v) is 20.7. The second-order valence-electron chi connectivity index (χ2n) is 9.04. The van der Waals surface area contributed by atoms with Crippen LogP contribution in [0.25, 0.3) is 33.7 Å². The van der Waals surface area contributed by atoms with Gasteiger partial charge in [0.25, 0.3) is 5.91 Å². The Morgan fingerprint density at radius 1 is 1.00 bits per heavy atom. The number of methoxy groups -OCH3 is 1. The minimum atomic E-state index is 0.0764. The molecule has 4 aromatic rings. The second-order valence-corrected chi connectivity index (χ2v) is 9.04. The number of H-pyrrole nitrogens is 1. The number of ether oxygens (including phenoxy) is 2. The summed E-state index contributed by atoms with van der Waals surface area (Å²) in [7, 11) is 3.77. The number of piperazine rings is 1. The van der Waals surface area contributed by atoms with E-state index in [0.717, 1.165) is 66.4 Å². The van der Waals surface area contributed by atoms with Crippen LogP contribution in [0.15, 0.2) is 60.8 Å². The molecule has 1 fully saturated rings. The van der Waals surface area contributed by atoms with Crippen molar-refractivity contribution in [2.45, 2.75) is 6.42 Å². The van der Waals surface area contributed by atoms with Gasteiger partial charge in [0.2, 0.25) is 0 Å². The maximum absolute atomic E-state index is 12.9. The summed E-state index contributed by atoms with van der Waals surface area (Å²) in [6.45, 7) is 4.60. The van der Waals surface area contributed by atoms with E-state index in [0.29, 0.717) is 24.4 Å². The average Bonchev–Trinajstić information content (AvgIpc) is 3.36. The zero-order chi connectivity index (χ0) is 24.9. The van der Waals surface area contributed by atoms with E-state index in [1.807, 2.05) is 59.5 Å². The van der Waals surface area contributed by atoms with Crippen LogP contribution >= 0.6 is 0 Å². The summed E-state index contributed by atoms with van der Waals surface area (Å²) >= 11 is 0. The van der Waals surface area contributed by atoms with Crippen LogP contribution in [0.2, 0.25) is 0 Å². The molecule has 1 amide bonds. The predicted molar refractivity (Wildman–Crippen MR) is 140 cm³/mol. The van der Waals surface area contributed by atoms with Gasteiger partial charge < -0.3 is 24.3 Å². The predicted octanol–water partition coefficient (Wildman–Crippen LogP) is 4.09. The van der Waals surface area contributed by atoms with E-state index < -0.39 is 0 Å². The number of benzene rings is 2. The lowest BCUT2D eigenvalue weighted by atomic mass is 10.1. The van der Waals surface area contributed by atoms with Gasteiger partial charge in [-0.05, 0) is 42.9 Å². The highest BCUT2D eigenvalue weighted by Crippen LogP contribution is 2.30. The fraction of sp³-hybridized carbons (Fsp3) is 0.321. The molecule has 1 aliphatic rings. The fourth-order valence-electron chi connectivity index (χ4n) is 4.39. The van der Waals surface area contributed by atoms with E-state index in [1.165, 1.54) is 0 Å². The van der Waals surface area contributed by atoms with E-state index in [9.17, 15) is 4.79 Å². The molecule has 186 valence electrons. The number of aromatic amines is 1. The van der Waals surface area contributed by atoms with Crippen molar-refractivity contribution in [1.82, 2.24) is 24.8 Å². The van der Waals surface area contributed by atoms with Crippen molar-refractivity contribution < 1.29 is 14.3 Å². The first-order valence-electron chi connectivity index (χ1n) is 12.3. The first-order valence-corrected chi connectivity index (χ1v) is 12.3. The number of aromatic nitrogens is 3. The molecule has 0 saturated carbocycles. The molecule has 1 aliphatic heterocycles. The Morgan fingerprint density at radius 3 is 2.58 bits per heavy atom. The van der Waals surface area contributed by atoms with E-state index in [4.69, 9.17) is 14.5 Å². The lowest BCUT2D eigenvalue weighted by Gasteiger charge is -2.32. The Labute approximate surface area is 210 Å². The number of carbonyl (C=O) groups is 1.